The van der Waals surface area contributed by atoms with Crippen LogP contribution in [0.5, 0.6) is 0 Å². The summed E-state index contributed by atoms with van der Waals surface area (Å²) in [5, 5.41) is 10.1. The van der Waals surface area contributed by atoms with E-state index in [1.54, 1.807) is 6.07 Å². The number of nitrogens with zero attached hydrogens (tertiary/aromatic N) is 2. The summed E-state index contributed by atoms with van der Waals surface area (Å²) in [6, 6.07) is 15.6. The molecule has 2 aromatic carbocycles. The molecule has 0 aliphatic rings. The Morgan fingerprint density at radius 3 is 2.81 bits per heavy atom. The van der Waals surface area contributed by atoms with Gasteiger partial charge in [-0.1, -0.05) is 34.1 Å². The fraction of sp³-hybridized carbons (Fsp3) is 0.0588. The molecule has 0 unspecified atom stereocenters. The van der Waals surface area contributed by atoms with E-state index in [0.717, 1.165) is 27.2 Å². The van der Waals surface area contributed by atoms with Gasteiger partial charge < -0.3 is 4.57 Å². The maximum atomic E-state index is 11.2. The lowest BCUT2D eigenvalue weighted by Crippen LogP contribution is -2.00. The van der Waals surface area contributed by atoms with Crippen molar-refractivity contribution in [1.29, 1.82) is 5.26 Å². The van der Waals surface area contributed by atoms with Gasteiger partial charge in [0, 0.05) is 33.7 Å². The van der Waals surface area contributed by atoms with Crippen molar-refractivity contribution in [3.8, 4) is 6.07 Å². The lowest BCUT2D eigenvalue weighted by molar-refractivity contribution is 0.112. The first kappa shape index (κ1) is 13.6. The summed E-state index contributed by atoms with van der Waals surface area (Å²) in [7, 11) is 0. The maximum Gasteiger partial charge on any atom is 0.152 e. The molecule has 0 aliphatic heterocycles. The van der Waals surface area contributed by atoms with Crippen LogP contribution in [0.4, 0.5) is 0 Å². The number of hydrogen-bond acceptors (Lipinski definition) is 2. The molecule has 0 N–H and O–H groups in total. The van der Waals surface area contributed by atoms with Gasteiger partial charge in [0.25, 0.3) is 0 Å². The zero-order valence-corrected chi connectivity index (χ0v) is 12.7. The summed E-state index contributed by atoms with van der Waals surface area (Å²) in [6.07, 6.45) is 2.69. The van der Waals surface area contributed by atoms with Crippen molar-refractivity contribution in [1.82, 2.24) is 4.57 Å². The summed E-state index contributed by atoms with van der Waals surface area (Å²) in [5.41, 5.74) is 3.23. The van der Waals surface area contributed by atoms with Crippen LogP contribution in [0.25, 0.3) is 10.9 Å². The lowest BCUT2D eigenvalue weighted by Gasteiger charge is -2.07. The van der Waals surface area contributed by atoms with Gasteiger partial charge in [0.15, 0.2) is 6.29 Å². The number of nitriles is 1. The number of carbonyl (C=O) groups is 1. The summed E-state index contributed by atoms with van der Waals surface area (Å²) < 4.78 is 2.94. The van der Waals surface area contributed by atoms with Crippen LogP contribution < -0.4 is 0 Å². The fourth-order valence-electron chi connectivity index (χ4n) is 2.47. The normalized spacial score (nSPS) is 10.5. The number of rotatable bonds is 3. The van der Waals surface area contributed by atoms with Crippen LogP contribution in [0.1, 0.15) is 21.5 Å². The number of carbonyl (C=O) groups excluding carboxylic acids is 1. The van der Waals surface area contributed by atoms with E-state index in [0.29, 0.717) is 17.7 Å². The Bertz CT molecular complexity index is 874. The van der Waals surface area contributed by atoms with Crippen LogP contribution in [-0.2, 0) is 6.54 Å². The van der Waals surface area contributed by atoms with Crippen molar-refractivity contribution in [2.45, 2.75) is 6.54 Å². The molecule has 1 heterocycles. The quantitative estimate of drug-likeness (QED) is 0.674. The van der Waals surface area contributed by atoms with Gasteiger partial charge in [0.05, 0.1) is 11.6 Å². The fourth-order valence-corrected chi connectivity index (χ4v) is 2.83. The van der Waals surface area contributed by atoms with E-state index in [9.17, 15) is 10.1 Å². The van der Waals surface area contributed by atoms with E-state index >= 15 is 0 Å². The van der Waals surface area contributed by atoms with Crippen molar-refractivity contribution in [3.63, 3.8) is 0 Å². The predicted molar refractivity (Wildman–Crippen MR) is 85.3 cm³/mol. The van der Waals surface area contributed by atoms with Crippen LogP contribution in [-0.4, -0.2) is 10.9 Å². The first-order valence-electron chi connectivity index (χ1n) is 6.44. The highest BCUT2D eigenvalue weighted by Crippen LogP contribution is 2.25. The lowest BCUT2D eigenvalue weighted by atomic mass is 10.1. The van der Waals surface area contributed by atoms with Crippen molar-refractivity contribution in [3.05, 3.63) is 69.8 Å². The highest BCUT2D eigenvalue weighted by atomic mass is 79.9. The Morgan fingerprint density at radius 2 is 2.05 bits per heavy atom. The molecule has 3 aromatic rings. The molecular formula is C17H11BrN2O. The summed E-state index contributed by atoms with van der Waals surface area (Å²) in [5.74, 6) is 0. The van der Waals surface area contributed by atoms with E-state index in [1.165, 1.54) is 0 Å². The minimum atomic E-state index is 0.565. The molecule has 0 aliphatic carbocycles. The smallest absolute Gasteiger partial charge is 0.152 e. The van der Waals surface area contributed by atoms with E-state index in [-0.39, 0.29) is 0 Å². The molecule has 0 bridgehead atoms. The Kier molecular flexibility index (Phi) is 3.59. The third-order valence-electron chi connectivity index (χ3n) is 3.48. The Labute approximate surface area is 130 Å². The first-order valence-corrected chi connectivity index (χ1v) is 7.24. The zero-order chi connectivity index (χ0) is 14.8. The number of aromatic nitrogens is 1. The van der Waals surface area contributed by atoms with Gasteiger partial charge >= 0.3 is 0 Å². The molecule has 3 rings (SSSR count). The second-order valence-corrected chi connectivity index (χ2v) is 5.68. The second kappa shape index (κ2) is 5.55. The van der Waals surface area contributed by atoms with Gasteiger partial charge in [-0.05, 0) is 29.8 Å². The van der Waals surface area contributed by atoms with Gasteiger partial charge in [-0.3, -0.25) is 4.79 Å². The molecule has 4 heteroatoms. The Balaban J connectivity index is 2.13. The average molecular weight is 339 g/mol. The predicted octanol–water partition coefficient (Wildman–Crippen LogP) is 4.14. The van der Waals surface area contributed by atoms with E-state index in [2.05, 4.69) is 22.0 Å². The summed E-state index contributed by atoms with van der Waals surface area (Å²) in [6.45, 7) is 0.565. The topological polar surface area (TPSA) is 45.8 Å². The highest BCUT2D eigenvalue weighted by molar-refractivity contribution is 9.10. The Hall–Kier alpha value is -2.38. The minimum absolute atomic E-state index is 0.565. The van der Waals surface area contributed by atoms with Gasteiger partial charge in [-0.15, -0.1) is 0 Å². The molecule has 0 fully saturated rings. The van der Waals surface area contributed by atoms with E-state index in [1.807, 2.05) is 47.2 Å². The minimum Gasteiger partial charge on any atom is -0.342 e. The second-order valence-electron chi connectivity index (χ2n) is 4.76. The average Bonchev–Trinajstić information content (AvgIpc) is 2.85. The summed E-state index contributed by atoms with van der Waals surface area (Å²) >= 11 is 3.43. The third kappa shape index (κ3) is 2.48. The summed E-state index contributed by atoms with van der Waals surface area (Å²) in [4.78, 5) is 11.2. The van der Waals surface area contributed by atoms with Crippen molar-refractivity contribution in [2.24, 2.45) is 0 Å². The molecule has 0 radical (unpaired) electrons. The first-order chi connectivity index (χ1) is 10.2. The monoisotopic (exact) mass is 338 g/mol. The molecule has 0 saturated carbocycles. The maximum absolute atomic E-state index is 11.2. The molecule has 1 aromatic heterocycles. The molecule has 3 nitrogen and oxygen atoms in total. The Morgan fingerprint density at radius 1 is 1.24 bits per heavy atom. The third-order valence-corrected chi connectivity index (χ3v) is 3.97. The molecule has 0 spiro atoms. The van der Waals surface area contributed by atoms with Crippen LogP contribution in [0.3, 0.4) is 0 Å². The number of fused-ring (bicyclic) bond motifs is 1. The molecular weight excluding hydrogens is 328 g/mol. The van der Waals surface area contributed by atoms with E-state index < -0.39 is 0 Å². The standard InChI is InChI=1S/C17H11BrN2O/c18-15-5-6-17-16(7-15)14(11-21)10-20(17)9-13-4-2-1-3-12(13)8-19/h1-7,10-11H,9H2. The molecule has 102 valence electrons. The zero-order valence-electron chi connectivity index (χ0n) is 11.1. The van der Waals surface area contributed by atoms with Crippen LogP contribution in [0, 0.1) is 11.3 Å². The van der Waals surface area contributed by atoms with Gasteiger partial charge in [-0.25, -0.2) is 0 Å². The van der Waals surface area contributed by atoms with Crippen molar-refractivity contribution >= 4 is 33.1 Å². The molecule has 0 atom stereocenters. The number of hydrogen-bond donors (Lipinski definition) is 0. The molecule has 0 saturated heterocycles. The SMILES string of the molecule is N#Cc1ccccc1Cn1cc(C=O)c2cc(Br)ccc21. The van der Waals surface area contributed by atoms with Gasteiger partial charge in [0.2, 0.25) is 0 Å². The van der Waals surface area contributed by atoms with Crippen molar-refractivity contribution in [2.75, 3.05) is 0 Å². The van der Waals surface area contributed by atoms with E-state index in [4.69, 9.17) is 0 Å². The van der Waals surface area contributed by atoms with Crippen LogP contribution >= 0.6 is 15.9 Å². The molecule has 0 amide bonds. The molecule has 21 heavy (non-hydrogen) atoms. The van der Waals surface area contributed by atoms with Crippen molar-refractivity contribution < 1.29 is 4.79 Å². The number of halogens is 1. The van der Waals surface area contributed by atoms with Crippen LogP contribution in [0.2, 0.25) is 0 Å². The number of aldehydes is 1. The van der Waals surface area contributed by atoms with Crippen LogP contribution in [0.15, 0.2) is 53.1 Å². The van der Waals surface area contributed by atoms with Gasteiger partial charge in [-0.2, -0.15) is 5.26 Å². The van der Waals surface area contributed by atoms with Gasteiger partial charge in [0.1, 0.15) is 0 Å². The largest absolute Gasteiger partial charge is 0.342 e. The highest BCUT2D eigenvalue weighted by Gasteiger charge is 2.10. The number of benzene rings is 2.